The maximum atomic E-state index is 5.65. The zero-order valence-electron chi connectivity index (χ0n) is 9.60. The molecule has 0 radical (unpaired) electrons. The monoisotopic (exact) mass is 221 g/mol. The summed E-state index contributed by atoms with van der Waals surface area (Å²) in [5.41, 5.74) is 1.13. The first-order chi connectivity index (χ1) is 7.95. The Morgan fingerprint density at radius 2 is 2.38 bits per heavy atom. The van der Waals surface area contributed by atoms with Gasteiger partial charge in [0.1, 0.15) is 0 Å². The summed E-state index contributed by atoms with van der Waals surface area (Å²) in [5.74, 6) is 0. The SMILES string of the molecule is c1ccc(CCCOC2CCCCO2)nc1. The normalized spacial score (nSPS) is 20.9. The molecule has 1 atom stereocenters. The Kier molecular flexibility index (Phi) is 4.77. The standard InChI is InChI=1S/C13H19NO2/c1-3-9-14-12(6-1)7-5-11-16-13-8-2-4-10-15-13/h1,3,6,9,13H,2,4-5,7-8,10-11H2. The zero-order valence-corrected chi connectivity index (χ0v) is 9.60. The van der Waals surface area contributed by atoms with Crippen LogP contribution in [0.15, 0.2) is 24.4 Å². The molecule has 1 saturated heterocycles. The van der Waals surface area contributed by atoms with Crippen molar-refractivity contribution in [3.8, 4) is 0 Å². The Morgan fingerprint density at radius 1 is 1.38 bits per heavy atom. The van der Waals surface area contributed by atoms with Gasteiger partial charge >= 0.3 is 0 Å². The predicted molar refractivity (Wildman–Crippen MR) is 62.1 cm³/mol. The van der Waals surface area contributed by atoms with E-state index in [4.69, 9.17) is 9.47 Å². The van der Waals surface area contributed by atoms with Crippen molar-refractivity contribution < 1.29 is 9.47 Å². The van der Waals surface area contributed by atoms with E-state index in [-0.39, 0.29) is 6.29 Å². The fourth-order valence-electron chi connectivity index (χ4n) is 1.86. The molecule has 0 aromatic carbocycles. The molecule has 1 aromatic rings. The van der Waals surface area contributed by atoms with Gasteiger partial charge < -0.3 is 9.47 Å². The van der Waals surface area contributed by atoms with Crippen LogP contribution in [0.1, 0.15) is 31.4 Å². The molecule has 0 N–H and O–H groups in total. The van der Waals surface area contributed by atoms with E-state index in [2.05, 4.69) is 11.1 Å². The summed E-state index contributed by atoms with van der Waals surface area (Å²) in [6.45, 7) is 1.62. The molecule has 2 heterocycles. The van der Waals surface area contributed by atoms with Crippen LogP contribution in [0.2, 0.25) is 0 Å². The van der Waals surface area contributed by atoms with Gasteiger partial charge in [-0.2, -0.15) is 0 Å². The number of hydrogen-bond acceptors (Lipinski definition) is 3. The van der Waals surface area contributed by atoms with E-state index >= 15 is 0 Å². The van der Waals surface area contributed by atoms with Crippen LogP contribution in [-0.4, -0.2) is 24.5 Å². The zero-order chi connectivity index (χ0) is 11.1. The molecular weight excluding hydrogens is 202 g/mol. The van der Waals surface area contributed by atoms with Gasteiger partial charge in [-0.3, -0.25) is 4.98 Å². The van der Waals surface area contributed by atoms with Crippen molar-refractivity contribution in [2.75, 3.05) is 13.2 Å². The molecular formula is C13H19NO2. The van der Waals surface area contributed by atoms with Crippen LogP contribution < -0.4 is 0 Å². The number of aryl methyl sites for hydroxylation is 1. The molecule has 0 aliphatic carbocycles. The first-order valence-electron chi connectivity index (χ1n) is 6.08. The molecule has 16 heavy (non-hydrogen) atoms. The number of rotatable bonds is 5. The van der Waals surface area contributed by atoms with Gasteiger partial charge in [0.05, 0.1) is 6.61 Å². The predicted octanol–water partition coefficient (Wildman–Crippen LogP) is 2.56. The van der Waals surface area contributed by atoms with Crippen LogP contribution in [-0.2, 0) is 15.9 Å². The van der Waals surface area contributed by atoms with Gasteiger partial charge in [-0.25, -0.2) is 0 Å². The third kappa shape index (κ3) is 3.91. The van der Waals surface area contributed by atoms with Crippen molar-refractivity contribution in [1.82, 2.24) is 4.98 Å². The van der Waals surface area contributed by atoms with E-state index in [1.807, 2.05) is 18.3 Å². The van der Waals surface area contributed by atoms with E-state index in [1.54, 1.807) is 0 Å². The fraction of sp³-hybridized carbons (Fsp3) is 0.615. The van der Waals surface area contributed by atoms with Crippen LogP contribution in [0.4, 0.5) is 0 Å². The number of hydrogen-bond donors (Lipinski definition) is 0. The number of ether oxygens (including phenoxy) is 2. The largest absolute Gasteiger partial charge is 0.353 e. The van der Waals surface area contributed by atoms with Gasteiger partial charge in [0, 0.05) is 18.5 Å². The Balaban J connectivity index is 1.58. The topological polar surface area (TPSA) is 31.4 Å². The second kappa shape index (κ2) is 6.61. The summed E-state index contributed by atoms with van der Waals surface area (Å²) in [5, 5.41) is 0. The minimum atomic E-state index is 0.0393. The number of nitrogens with zero attached hydrogens (tertiary/aromatic N) is 1. The molecule has 1 fully saturated rings. The van der Waals surface area contributed by atoms with Crippen molar-refractivity contribution in [3.63, 3.8) is 0 Å². The Hall–Kier alpha value is -0.930. The van der Waals surface area contributed by atoms with Gasteiger partial charge in [0.2, 0.25) is 0 Å². The number of aromatic nitrogens is 1. The minimum Gasteiger partial charge on any atom is -0.353 e. The van der Waals surface area contributed by atoms with Crippen molar-refractivity contribution in [2.24, 2.45) is 0 Å². The third-order valence-corrected chi connectivity index (χ3v) is 2.75. The number of pyridine rings is 1. The molecule has 3 heteroatoms. The van der Waals surface area contributed by atoms with E-state index in [0.717, 1.165) is 38.2 Å². The molecule has 0 spiro atoms. The summed E-state index contributed by atoms with van der Waals surface area (Å²) in [6, 6.07) is 6.01. The molecule has 3 nitrogen and oxygen atoms in total. The van der Waals surface area contributed by atoms with E-state index in [9.17, 15) is 0 Å². The highest BCUT2D eigenvalue weighted by Gasteiger charge is 2.13. The molecule has 1 aliphatic heterocycles. The van der Waals surface area contributed by atoms with Crippen molar-refractivity contribution in [2.45, 2.75) is 38.4 Å². The molecule has 1 aromatic heterocycles. The minimum absolute atomic E-state index is 0.0393. The average molecular weight is 221 g/mol. The molecule has 0 amide bonds. The van der Waals surface area contributed by atoms with Crippen molar-refractivity contribution in [3.05, 3.63) is 30.1 Å². The van der Waals surface area contributed by atoms with Gasteiger partial charge in [-0.05, 0) is 44.2 Å². The van der Waals surface area contributed by atoms with Crippen LogP contribution in [0.25, 0.3) is 0 Å². The van der Waals surface area contributed by atoms with E-state index in [0.29, 0.717) is 0 Å². The van der Waals surface area contributed by atoms with Crippen LogP contribution >= 0.6 is 0 Å². The highest BCUT2D eigenvalue weighted by Crippen LogP contribution is 2.13. The average Bonchev–Trinajstić information content (AvgIpc) is 2.37. The smallest absolute Gasteiger partial charge is 0.157 e. The summed E-state index contributed by atoms with van der Waals surface area (Å²) in [4.78, 5) is 4.28. The van der Waals surface area contributed by atoms with Gasteiger partial charge in [-0.1, -0.05) is 6.07 Å². The summed E-state index contributed by atoms with van der Waals surface area (Å²) in [7, 11) is 0. The van der Waals surface area contributed by atoms with Crippen molar-refractivity contribution >= 4 is 0 Å². The van der Waals surface area contributed by atoms with Crippen molar-refractivity contribution in [1.29, 1.82) is 0 Å². The summed E-state index contributed by atoms with van der Waals surface area (Å²) < 4.78 is 11.1. The second-order valence-electron chi connectivity index (χ2n) is 4.09. The highest BCUT2D eigenvalue weighted by molar-refractivity contribution is 5.03. The Bertz CT molecular complexity index is 283. The van der Waals surface area contributed by atoms with Gasteiger partial charge in [0.15, 0.2) is 6.29 Å². The molecule has 1 aliphatic rings. The third-order valence-electron chi connectivity index (χ3n) is 2.75. The Labute approximate surface area is 96.8 Å². The molecule has 0 saturated carbocycles. The molecule has 0 bridgehead atoms. The van der Waals surface area contributed by atoms with Gasteiger partial charge in [-0.15, -0.1) is 0 Å². The first kappa shape index (κ1) is 11.6. The first-order valence-corrected chi connectivity index (χ1v) is 6.08. The molecule has 2 rings (SSSR count). The quantitative estimate of drug-likeness (QED) is 0.716. The van der Waals surface area contributed by atoms with Crippen LogP contribution in [0.3, 0.4) is 0 Å². The lowest BCUT2D eigenvalue weighted by Gasteiger charge is -2.22. The van der Waals surface area contributed by atoms with E-state index in [1.165, 1.54) is 12.8 Å². The lowest BCUT2D eigenvalue weighted by molar-refractivity contribution is -0.162. The Morgan fingerprint density at radius 3 is 3.12 bits per heavy atom. The van der Waals surface area contributed by atoms with Crippen LogP contribution in [0, 0.1) is 0 Å². The second-order valence-corrected chi connectivity index (χ2v) is 4.09. The summed E-state index contributed by atoms with van der Waals surface area (Å²) >= 11 is 0. The molecule has 1 unspecified atom stereocenters. The van der Waals surface area contributed by atoms with E-state index < -0.39 is 0 Å². The maximum Gasteiger partial charge on any atom is 0.157 e. The summed E-state index contributed by atoms with van der Waals surface area (Å²) in [6.07, 6.45) is 7.31. The van der Waals surface area contributed by atoms with Crippen LogP contribution in [0.5, 0.6) is 0 Å². The fourth-order valence-corrected chi connectivity index (χ4v) is 1.86. The highest BCUT2D eigenvalue weighted by atomic mass is 16.7. The lowest BCUT2D eigenvalue weighted by atomic mass is 10.2. The van der Waals surface area contributed by atoms with Gasteiger partial charge in [0.25, 0.3) is 0 Å². The lowest BCUT2D eigenvalue weighted by Crippen LogP contribution is -2.22. The molecule has 88 valence electrons. The maximum absolute atomic E-state index is 5.65.